The van der Waals surface area contributed by atoms with Crippen LogP contribution in [0.5, 0.6) is 0 Å². The number of rotatable bonds is 5. The highest BCUT2D eigenvalue weighted by molar-refractivity contribution is 5.94. The summed E-state index contributed by atoms with van der Waals surface area (Å²) in [7, 11) is 0. The third kappa shape index (κ3) is 5.38. The van der Waals surface area contributed by atoms with Gasteiger partial charge in [-0.15, -0.1) is 0 Å². The highest BCUT2D eigenvalue weighted by atomic mass is 16.4. The average molecular weight is 170 g/mol. The summed E-state index contributed by atoms with van der Waals surface area (Å²) in [6.45, 7) is 0. The van der Waals surface area contributed by atoms with Gasteiger partial charge in [-0.1, -0.05) is 0 Å². The van der Waals surface area contributed by atoms with E-state index in [4.69, 9.17) is 10.4 Å². The van der Waals surface area contributed by atoms with Gasteiger partial charge in [0.15, 0.2) is 0 Å². The zero-order chi connectivity index (χ0) is 9.56. The largest absolute Gasteiger partial charge is 0.550 e. The van der Waals surface area contributed by atoms with Crippen molar-refractivity contribution in [2.45, 2.75) is 25.4 Å². The molecule has 66 valence electrons. The number of hydrogen-bond acceptors (Lipinski definition) is 5. The fourth-order valence-electron chi connectivity index (χ4n) is 0.674. The zero-order valence-corrected chi connectivity index (χ0v) is 6.32. The van der Waals surface area contributed by atoms with E-state index in [9.17, 15) is 14.7 Å². The molecular formula is C7H8NO4-. The van der Waals surface area contributed by atoms with Gasteiger partial charge in [-0.05, 0) is 0 Å². The molecule has 12 heavy (non-hydrogen) atoms. The highest BCUT2D eigenvalue weighted by Gasteiger charge is 2.09. The molecule has 0 rings (SSSR count). The Morgan fingerprint density at radius 3 is 2.58 bits per heavy atom. The van der Waals surface area contributed by atoms with Gasteiger partial charge in [0.05, 0.1) is 18.6 Å². The lowest BCUT2D eigenvalue weighted by Crippen LogP contribution is -2.26. The highest BCUT2D eigenvalue weighted by Crippen LogP contribution is 1.99. The number of aliphatic hydroxyl groups excluding tert-OH is 1. The van der Waals surface area contributed by atoms with E-state index in [2.05, 4.69) is 0 Å². The van der Waals surface area contributed by atoms with E-state index < -0.39 is 24.3 Å². The first-order valence-electron chi connectivity index (χ1n) is 3.32. The molecule has 5 heteroatoms. The third-order valence-corrected chi connectivity index (χ3v) is 1.13. The first-order valence-corrected chi connectivity index (χ1v) is 3.32. The van der Waals surface area contributed by atoms with Crippen LogP contribution in [0.3, 0.4) is 0 Å². The van der Waals surface area contributed by atoms with Gasteiger partial charge >= 0.3 is 0 Å². The van der Waals surface area contributed by atoms with E-state index in [0.29, 0.717) is 0 Å². The van der Waals surface area contributed by atoms with Gasteiger partial charge in [0.2, 0.25) is 0 Å². The van der Waals surface area contributed by atoms with Crippen LogP contribution < -0.4 is 5.11 Å². The molecular weight excluding hydrogens is 162 g/mol. The van der Waals surface area contributed by atoms with Crippen molar-refractivity contribution in [2.75, 3.05) is 0 Å². The maximum atomic E-state index is 10.6. The number of Topliss-reactive ketones (excluding diaryl/α,β-unsaturated/α-hetero) is 1. The summed E-state index contributed by atoms with van der Waals surface area (Å²) in [5, 5.41) is 26.8. The molecule has 0 saturated carbocycles. The van der Waals surface area contributed by atoms with Crippen LogP contribution in [0.4, 0.5) is 0 Å². The molecule has 1 unspecified atom stereocenters. The van der Waals surface area contributed by atoms with Crippen molar-refractivity contribution >= 4 is 11.8 Å². The predicted molar refractivity (Wildman–Crippen MR) is 35.5 cm³/mol. The smallest absolute Gasteiger partial charge is 0.141 e. The van der Waals surface area contributed by atoms with Crippen LogP contribution in [0.2, 0.25) is 0 Å². The maximum Gasteiger partial charge on any atom is 0.141 e. The van der Waals surface area contributed by atoms with Crippen LogP contribution in [-0.2, 0) is 9.59 Å². The number of nitriles is 1. The quantitative estimate of drug-likeness (QED) is 0.498. The Bertz CT molecular complexity index is 218. The van der Waals surface area contributed by atoms with E-state index in [1.165, 1.54) is 0 Å². The first-order chi connectivity index (χ1) is 5.56. The number of carboxylic acids is 1. The van der Waals surface area contributed by atoms with E-state index in [-0.39, 0.29) is 12.8 Å². The van der Waals surface area contributed by atoms with Crippen molar-refractivity contribution in [2.24, 2.45) is 0 Å². The number of aliphatic hydroxyl groups is 1. The average Bonchev–Trinajstić information content (AvgIpc) is 1.84. The van der Waals surface area contributed by atoms with Gasteiger partial charge in [0, 0.05) is 18.8 Å². The number of carboxylic acid groups (broad SMARTS) is 1. The minimum Gasteiger partial charge on any atom is -0.550 e. The standard InChI is InChI=1S/C7H9NO4/c8-2-1-5(9)3-6(10)4-7(11)12/h5,9H,1,3-4H2,(H,11,12)/p-1. The summed E-state index contributed by atoms with van der Waals surface area (Å²) >= 11 is 0. The lowest BCUT2D eigenvalue weighted by molar-refractivity contribution is -0.304. The van der Waals surface area contributed by atoms with Crippen molar-refractivity contribution in [3.05, 3.63) is 0 Å². The maximum absolute atomic E-state index is 10.6. The van der Waals surface area contributed by atoms with E-state index in [1.54, 1.807) is 6.07 Å². The Balaban J connectivity index is 3.70. The van der Waals surface area contributed by atoms with E-state index in [0.717, 1.165) is 0 Å². The number of nitrogens with zero attached hydrogens (tertiary/aromatic N) is 1. The molecule has 0 heterocycles. The van der Waals surface area contributed by atoms with Crippen molar-refractivity contribution in [3.63, 3.8) is 0 Å². The predicted octanol–water partition coefficient (Wildman–Crippen LogP) is -1.64. The van der Waals surface area contributed by atoms with E-state index in [1.807, 2.05) is 0 Å². The molecule has 0 aliphatic rings. The Hall–Kier alpha value is -1.41. The third-order valence-electron chi connectivity index (χ3n) is 1.13. The van der Waals surface area contributed by atoms with Crippen molar-refractivity contribution < 1.29 is 19.8 Å². The summed E-state index contributed by atoms with van der Waals surface area (Å²) in [6.07, 6.45) is -2.25. The fourth-order valence-corrected chi connectivity index (χ4v) is 0.674. The number of hydrogen-bond donors (Lipinski definition) is 1. The second-order valence-electron chi connectivity index (χ2n) is 2.31. The minimum atomic E-state index is -1.47. The second kappa shape index (κ2) is 5.27. The molecule has 5 nitrogen and oxygen atoms in total. The van der Waals surface area contributed by atoms with Gasteiger partial charge in [-0.2, -0.15) is 5.26 Å². The second-order valence-corrected chi connectivity index (χ2v) is 2.31. The number of ketones is 1. The molecule has 0 fully saturated rings. The summed E-state index contributed by atoms with van der Waals surface area (Å²) < 4.78 is 0. The molecule has 0 bridgehead atoms. The van der Waals surface area contributed by atoms with Gasteiger partial charge < -0.3 is 15.0 Å². The Labute approximate surface area is 69.2 Å². The molecule has 0 saturated heterocycles. The summed E-state index contributed by atoms with van der Waals surface area (Å²) in [6, 6.07) is 1.66. The first kappa shape index (κ1) is 10.6. The van der Waals surface area contributed by atoms with Crippen molar-refractivity contribution in [1.29, 1.82) is 5.26 Å². The Morgan fingerprint density at radius 2 is 2.17 bits per heavy atom. The molecule has 0 radical (unpaired) electrons. The van der Waals surface area contributed by atoms with E-state index >= 15 is 0 Å². The molecule has 1 N–H and O–H groups in total. The Morgan fingerprint density at radius 1 is 1.58 bits per heavy atom. The topological polar surface area (TPSA) is 101 Å². The number of carbonyl (C=O) groups is 2. The molecule has 0 aliphatic carbocycles. The lowest BCUT2D eigenvalue weighted by Gasteiger charge is -2.04. The molecule has 0 aromatic carbocycles. The number of carbonyl (C=O) groups excluding carboxylic acids is 2. The van der Waals surface area contributed by atoms with Gasteiger partial charge in [-0.25, -0.2) is 0 Å². The molecule has 0 aliphatic heterocycles. The van der Waals surface area contributed by atoms with Crippen LogP contribution in [0.1, 0.15) is 19.3 Å². The van der Waals surface area contributed by atoms with Gasteiger partial charge in [0.25, 0.3) is 0 Å². The summed E-state index contributed by atoms with van der Waals surface area (Å²) in [5.41, 5.74) is 0. The minimum absolute atomic E-state index is 0.168. The zero-order valence-electron chi connectivity index (χ0n) is 6.32. The lowest BCUT2D eigenvalue weighted by atomic mass is 10.1. The van der Waals surface area contributed by atoms with Gasteiger partial charge in [0.1, 0.15) is 5.78 Å². The van der Waals surface area contributed by atoms with Gasteiger partial charge in [-0.3, -0.25) is 4.79 Å². The Kier molecular flexibility index (Phi) is 4.65. The molecule has 1 atom stereocenters. The number of aliphatic carboxylic acids is 1. The summed E-state index contributed by atoms with van der Waals surface area (Å²) in [4.78, 5) is 20.5. The van der Waals surface area contributed by atoms with Crippen LogP contribution in [0.25, 0.3) is 0 Å². The van der Waals surface area contributed by atoms with Crippen LogP contribution in [0.15, 0.2) is 0 Å². The van der Waals surface area contributed by atoms with Crippen LogP contribution in [-0.4, -0.2) is 23.0 Å². The normalized spacial score (nSPS) is 11.7. The molecule has 0 amide bonds. The molecule has 0 aromatic rings. The monoisotopic (exact) mass is 170 g/mol. The van der Waals surface area contributed by atoms with Crippen molar-refractivity contribution in [1.82, 2.24) is 0 Å². The fraction of sp³-hybridized carbons (Fsp3) is 0.571. The molecule has 0 aromatic heterocycles. The summed E-state index contributed by atoms with van der Waals surface area (Å²) in [5.74, 6) is -2.10. The van der Waals surface area contributed by atoms with Crippen molar-refractivity contribution in [3.8, 4) is 6.07 Å². The van der Waals surface area contributed by atoms with Crippen LogP contribution >= 0.6 is 0 Å². The SMILES string of the molecule is N#CCC(O)CC(=O)CC(=O)[O-]. The van der Waals surface area contributed by atoms with Crippen LogP contribution in [0, 0.1) is 11.3 Å². The molecule has 0 spiro atoms.